The van der Waals surface area contributed by atoms with Crippen molar-refractivity contribution in [3.63, 3.8) is 0 Å². The van der Waals surface area contributed by atoms with Gasteiger partial charge in [-0.05, 0) is 48.7 Å². The number of carbonyl (C=O) groups excluding carboxylic acids is 2. The second kappa shape index (κ2) is 7.38. The summed E-state index contributed by atoms with van der Waals surface area (Å²) < 4.78 is 5.25. The SMILES string of the molecule is COc1ccc(NC(=O)C2(c3cccc(Cl)c3)CCC2)cc1NC(C)=O. The fourth-order valence-corrected chi connectivity index (χ4v) is 3.48. The van der Waals surface area contributed by atoms with E-state index in [1.54, 1.807) is 24.3 Å². The van der Waals surface area contributed by atoms with Gasteiger partial charge in [-0.1, -0.05) is 30.2 Å². The van der Waals surface area contributed by atoms with Crippen molar-refractivity contribution in [1.29, 1.82) is 0 Å². The van der Waals surface area contributed by atoms with Crippen molar-refractivity contribution >= 4 is 34.8 Å². The average molecular weight is 373 g/mol. The van der Waals surface area contributed by atoms with Crippen molar-refractivity contribution in [3.05, 3.63) is 53.1 Å². The molecule has 2 amide bonds. The summed E-state index contributed by atoms with van der Waals surface area (Å²) in [5.41, 5.74) is 1.50. The van der Waals surface area contributed by atoms with Crippen LogP contribution in [0.1, 0.15) is 31.7 Å². The third-order valence-corrected chi connectivity index (χ3v) is 5.02. The summed E-state index contributed by atoms with van der Waals surface area (Å²) in [6, 6.07) is 12.6. The Balaban J connectivity index is 1.86. The van der Waals surface area contributed by atoms with E-state index in [-0.39, 0.29) is 11.8 Å². The highest BCUT2D eigenvalue weighted by Gasteiger charge is 2.45. The minimum Gasteiger partial charge on any atom is -0.495 e. The lowest BCUT2D eigenvalue weighted by atomic mass is 9.64. The maximum absolute atomic E-state index is 13.0. The van der Waals surface area contributed by atoms with Gasteiger partial charge in [-0.3, -0.25) is 9.59 Å². The van der Waals surface area contributed by atoms with Gasteiger partial charge in [0.2, 0.25) is 11.8 Å². The lowest BCUT2D eigenvalue weighted by molar-refractivity contribution is -0.124. The van der Waals surface area contributed by atoms with Gasteiger partial charge in [0.1, 0.15) is 5.75 Å². The second-order valence-corrected chi connectivity index (χ2v) is 6.93. The normalized spacial score (nSPS) is 14.9. The minimum absolute atomic E-state index is 0.0649. The molecule has 2 aromatic carbocycles. The van der Waals surface area contributed by atoms with Crippen molar-refractivity contribution in [2.45, 2.75) is 31.6 Å². The number of carbonyl (C=O) groups is 2. The van der Waals surface area contributed by atoms with Crippen LogP contribution in [0.2, 0.25) is 5.02 Å². The summed E-state index contributed by atoms with van der Waals surface area (Å²) in [4.78, 5) is 24.4. The van der Waals surface area contributed by atoms with Gasteiger partial charge in [-0.15, -0.1) is 0 Å². The van der Waals surface area contributed by atoms with E-state index in [0.29, 0.717) is 22.1 Å². The molecule has 0 saturated heterocycles. The summed E-state index contributed by atoms with van der Waals surface area (Å²) in [5.74, 6) is 0.262. The van der Waals surface area contributed by atoms with Gasteiger partial charge in [0, 0.05) is 17.6 Å². The first-order valence-corrected chi connectivity index (χ1v) is 8.85. The van der Waals surface area contributed by atoms with Crippen molar-refractivity contribution in [1.82, 2.24) is 0 Å². The Morgan fingerprint density at radius 2 is 1.88 bits per heavy atom. The average Bonchev–Trinajstić information content (AvgIpc) is 2.53. The van der Waals surface area contributed by atoms with Crippen LogP contribution in [-0.4, -0.2) is 18.9 Å². The number of rotatable bonds is 5. The molecule has 1 saturated carbocycles. The number of benzene rings is 2. The fourth-order valence-electron chi connectivity index (χ4n) is 3.29. The van der Waals surface area contributed by atoms with Gasteiger partial charge in [0.25, 0.3) is 0 Å². The largest absolute Gasteiger partial charge is 0.495 e. The third-order valence-electron chi connectivity index (χ3n) is 4.79. The van der Waals surface area contributed by atoms with Crippen LogP contribution in [0, 0.1) is 0 Å². The molecule has 0 atom stereocenters. The number of ether oxygens (including phenoxy) is 1. The topological polar surface area (TPSA) is 67.4 Å². The van der Waals surface area contributed by atoms with Crippen LogP contribution in [-0.2, 0) is 15.0 Å². The van der Waals surface area contributed by atoms with Crippen LogP contribution < -0.4 is 15.4 Å². The Morgan fingerprint density at radius 1 is 1.12 bits per heavy atom. The Hall–Kier alpha value is -2.53. The molecule has 2 N–H and O–H groups in total. The van der Waals surface area contributed by atoms with Gasteiger partial charge in [-0.2, -0.15) is 0 Å². The Morgan fingerprint density at radius 3 is 2.46 bits per heavy atom. The summed E-state index contributed by atoms with van der Waals surface area (Å²) in [6.45, 7) is 1.42. The first-order valence-electron chi connectivity index (χ1n) is 8.48. The third kappa shape index (κ3) is 3.53. The number of halogens is 1. The van der Waals surface area contributed by atoms with Gasteiger partial charge < -0.3 is 15.4 Å². The fraction of sp³-hybridized carbons (Fsp3) is 0.300. The van der Waals surface area contributed by atoms with Crippen LogP contribution in [0.4, 0.5) is 11.4 Å². The van der Waals surface area contributed by atoms with Crippen LogP contribution >= 0.6 is 11.6 Å². The molecule has 1 fully saturated rings. The highest BCUT2D eigenvalue weighted by molar-refractivity contribution is 6.30. The molecule has 0 spiro atoms. The van der Waals surface area contributed by atoms with Crippen molar-refractivity contribution in [2.24, 2.45) is 0 Å². The van der Waals surface area contributed by atoms with E-state index >= 15 is 0 Å². The van der Waals surface area contributed by atoms with E-state index in [1.807, 2.05) is 18.2 Å². The number of anilines is 2. The molecule has 1 aliphatic rings. The molecule has 0 heterocycles. The van der Waals surface area contributed by atoms with Gasteiger partial charge in [-0.25, -0.2) is 0 Å². The Labute approximate surface area is 157 Å². The molecule has 6 heteroatoms. The first kappa shape index (κ1) is 18.3. The van der Waals surface area contributed by atoms with Crippen molar-refractivity contribution in [2.75, 3.05) is 17.7 Å². The smallest absolute Gasteiger partial charge is 0.235 e. The van der Waals surface area contributed by atoms with Gasteiger partial charge >= 0.3 is 0 Å². The maximum atomic E-state index is 13.0. The number of hydrogen-bond donors (Lipinski definition) is 2. The van der Waals surface area contributed by atoms with Crippen LogP contribution in [0.25, 0.3) is 0 Å². The molecule has 0 radical (unpaired) electrons. The minimum atomic E-state index is -0.557. The lowest BCUT2D eigenvalue weighted by Gasteiger charge is -2.40. The quantitative estimate of drug-likeness (QED) is 0.819. The van der Waals surface area contributed by atoms with Crippen LogP contribution in [0.5, 0.6) is 5.75 Å². The highest BCUT2D eigenvalue weighted by atomic mass is 35.5. The van der Waals surface area contributed by atoms with Gasteiger partial charge in [0.15, 0.2) is 0 Å². The molecule has 0 aliphatic heterocycles. The summed E-state index contributed by atoms with van der Waals surface area (Å²) >= 11 is 6.11. The standard InChI is InChI=1S/C20H21ClN2O3/c1-13(24)22-17-12-16(7-8-18(17)26-2)23-19(25)20(9-4-10-20)14-5-3-6-15(21)11-14/h3,5-8,11-12H,4,9-10H2,1-2H3,(H,22,24)(H,23,25). The van der Waals surface area contributed by atoms with Crippen molar-refractivity contribution < 1.29 is 14.3 Å². The predicted molar refractivity (Wildman–Crippen MR) is 103 cm³/mol. The Kier molecular flexibility index (Phi) is 5.18. The van der Waals surface area contributed by atoms with E-state index in [9.17, 15) is 9.59 Å². The number of nitrogens with one attached hydrogen (secondary N) is 2. The summed E-state index contributed by atoms with van der Waals surface area (Å²) in [6.07, 6.45) is 2.57. The molecule has 2 aromatic rings. The molecule has 1 aliphatic carbocycles. The molecule has 5 nitrogen and oxygen atoms in total. The number of methoxy groups -OCH3 is 1. The predicted octanol–water partition coefficient (Wildman–Crippen LogP) is 4.37. The maximum Gasteiger partial charge on any atom is 0.235 e. The first-order chi connectivity index (χ1) is 12.4. The number of amides is 2. The van der Waals surface area contributed by atoms with Crippen molar-refractivity contribution in [3.8, 4) is 5.75 Å². The molecule has 136 valence electrons. The summed E-state index contributed by atoms with van der Waals surface area (Å²) in [5, 5.41) is 6.31. The molecule has 0 unspecified atom stereocenters. The van der Waals surface area contributed by atoms with Crippen LogP contribution in [0.15, 0.2) is 42.5 Å². The molecular weight excluding hydrogens is 352 g/mol. The van der Waals surface area contributed by atoms with E-state index < -0.39 is 5.41 Å². The highest BCUT2D eigenvalue weighted by Crippen LogP contribution is 2.45. The number of hydrogen-bond acceptors (Lipinski definition) is 3. The lowest BCUT2D eigenvalue weighted by Crippen LogP contribution is -2.46. The molecular formula is C20H21ClN2O3. The zero-order chi connectivity index (χ0) is 18.7. The summed E-state index contributed by atoms with van der Waals surface area (Å²) in [7, 11) is 1.53. The van der Waals surface area contributed by atoms with E-state index in [4.69, 9.17) is 16.3 Å². The zero-order valence-corrected chi connectivity index (χ0v) is 15.5. The molecule has 26 heavy (non-hydrogen) atoms. The van der Waals surface area contributed by atoms with Crippen LogP contribution in [0.3, 0.4) is 0 Å². The monoisotopic (exact) mass is 372 g/mol. The van der Waals surface area contributed by atoms with E-state index in [1.165, 1.54) is 14.0 Å². The van der Waals surface area contributed by atoms with E-state index in [2.05, 4.69) is 10.6 Å². The Bertz CT molecular complexity index is 847. The molecule has 3 rings (SSSR count). The molecule has 0 bridgehead atoms. The van der Waals surface area contributed by atoms with E-state index in [0.717, 1.165) is 24.8 Å². The zero-order valence-electron chi connectivity index (χ0n) is 14.8. The molecule has 0 aromatic heterocycles. The second-order valence-electron chi connectivity index (χ2n) is 6.50. The van der Waals surface area contributed by atoms with Gasteiger partial charge in [0.05, 0.1) is 18.2 Å².